The monoisotopic (exact) mass is 363 g/mol. The predicted octanol–water partition coefficient (Wildman–Crippen LogP) is 4.84. The predicted molar refractivity (Wildman–Crippen MR) is 99.5 cm³/mol. The van der Waals surface area contributed by atoms with Crippen molar-refractivity contribution in [2.24, 2.45) is 5.92 Å². The quantitative estimate of drug-likeness (QED) is 0.718. The third-order valence-corrected chi connectivity index (χ3v) is 5.12. The van der Waals surface area contributed by atoms with Crippen LogP contribution in [-0.4, -0.2) is 28.2 Å². The SMILES string of the molecule is CCCC[C@@H](CC)CN1C(=O)C(O)=C(C(C)=O)[C@@H]1c1ccc(Cl)cc1. The molecule has 0 bridgehead atoms. The van der Waals surface area contributed by atoms with Crippen LogP contribution in [0.25, 0.3) is 0 Å². The van der Waals surface area contributed by atoms with Crippen molar-refractivity contribution < 1.29 is 14.7 Å². The molecule has 25 heavy (non-hydrogen) atoms. The number of halogens is 1. The van der Waals surface area contributed by atoms with Gasteiger partial charge >= 0.3 is 0 Å². The van der Waals surface area contributed by atoms with Crippen LogP contribution in [0.3, 0.4) is 0 Å². The van der Waals surface area contributed by atoms with Gasteiger partial charge in [0.1, 0.15) is 0 Å². The minimum atomic E-state index is -0.544. The van der Waals surface area contributed by atoms with E-state index in [9.17, 15) is 14.7 Å². The van der Waals surface area contributed by atoms with Gasteiger partial charge in [0, 0.05) is 11.6 Å². The molecule has 0 saturated heterocycles. The number of amides is 1. The molecule has 2 rings (SSSR count). The van der Waals surface area contributed by atoms with Crippen molar-refractivity contribution in [3.05, 3.63) is 46.2 Å². The summed E-state index contributed by atoms with van der Waals surface area (Å²) in [4.78, 5) is 26.4. The van der Waals surface area contributed by atoms with Crippen LogP contribution < -0.4 is 0 Å². The summed E-state index contributed by atoms with van der Waals surface area (Å²) < 4.78 is 0. The molecule has 0 unspecified atom stereocenters. The molecule has 2 atom stereocenters. The van der Waals surface area contributed by atoms with E-state index in [-0.39, 0.29) is 11.4 Å². The Morgan fingerprint density at radius 3 is 2.44 bits per heavy atom. The maximum absolute atomic E-state index is 12.6. The zero-order valence-electron chi connectivity index (χ0n) is 15.1. The van der Waals surface area contributed by atoms with Crippen LogP contribution >= 0.6 is 11.6 Å². The Labute approximate surface area is 154 Å². The largest absolute Gasteiger partial charge is 0.503 e. The number of hydrogen-bond donors (Lipinski definition) is 1. The van der Waals surface area contributed by atoms with E-state index in [1.165, 1.54) is 6.92 Å². The highest BCUT2D eigenvalue weighted by atomic mass is 35.5. The molecule has 4 nitrogen and oxygen atoms in total. The zero-order valence-corrected chi connectivity index (χ0v) is 15.8. The number of aliphatic hydroxyl groups excluding tert-OH is 1. The van der Waals surface area contributed by atoms with Gasteiger partial charge in [-0.05, 0) is 37.0 Å². The number of nitrogens with zero attached hydrogens (tertiary/aromatic N) is 1. The molecule has 0 spiro atoms. The molecule has 136 valence electrons. The van der Waals surface area contributed by atoms with Crippen LogP contribution in [0.2, 0.25) is 5.02 Å². The van der Waals surface area contributed by atoms with Crippen LogP contribution in [0.15, 0.2) is 35.6 Å². The van der Waals surface area contributed by atoms with E-state index in [2.05, 4.69) is 13.8 Å². The summed E-state index contributed by atoms with van der Waals surface area (Å²) in [6.07, 6.45) is 4.19. The summed E-state index contributed by atoms with van der Waals surface area (Å²) in [5.41, 5.74) is 0.968. The number of hydrogen-bond acceptors (Lipinski definition) is 3. The molecule has 0 fully saturated rings. The number of Topliss-reactive ketones (excluding diaryl/α,β-unsaturated/α-hetero) is 1. The van der Waals surface area contributed by atoms with Gasteiger partial charge in [-0.1, -0.05) is 56.8 Å². The van der Waals surface area contributed by atoms with Crippen LogP contribution in [0.5, 0.6) is 0 Å². The summed E-state index contributed by atoms with van der Waals surface area (Å²) in [6.45, 7) is 6.17. The second-order valence-corrected chi connectivity index (χ2v) is 7.08. The van der Waals surface area contributed by atoms with Gasteiger partial charge in [0.25, 0.3) is 5.91 Å². The van der Waals surface area contributed by atoms with Crippen molar-refractivity contribution >= 4 is 23.3 Å². The third-order valence-electron chi connectivity index (χ3n) is 4.87. The summed E-state index contributed by atoms with van der Waals surface area (Å²) in [7, 11) is 0. The lowest BCUT2D eigenvalue weighted by Crippen LogP contribution is -2.35. The van der Waals surface area contributed by atoms with Crippen molar-refractivity contribution in [2.75, 3.05) is 6.54 Å². The number of unbranched alkanes of at least 4 members (excludes halogenated alkanes) is 1. The summed E-state index contributed by atoms with van der Waals surface area (Å²) in [5.74, 6) is -0.814. The fourth-order valence-corrected chi connectivity index (χ4v) is 3.51. The third kappa shape index (κ3) is 4.24. The number of aliphatic hydroxyl groups is 1. The van der Waals surface area contributed by atoms with Crippen molar-refractivity contribution in [3.63, 3.8) is 0 Å². The van der Waals surface area contributed by atoms with E-state index in [4.69, 9.17) is 11.6 Å². The second kappa shape index (κ2) is 8.52. The molecule has 1 aliphatic rings. The first-order valence-electron chi connectivity index (χ1n) is 8.91. The minimum absolute atomic E-state index is 0.178. The Morgan fingerprint density at radius 1 is 1.28 bits per heavy atom. The van der Waals surface area contributed by atoms with E-state index in [1.807, 2.05) is 12.1 Å². The fourth-order valence-electron chi connectivity index (χ4n) is 3.39. The summed E-state index contributed by atoms with van der Waals surface area (Å²) >= 11 is 5.97. The van der Waals surface area contributed by atoms with Crippen molar-refractivity contribution in [2.45, 2.75) is 52.5 Å². The Kier molecular flexibility index (Phi) is 6.65. The molecule has 0 saturated carbocycles. The number of carbonyl (C=O) groups is 2. The second-order valence-electron chi connectivity index (χ2n) is 6.65. The van der Waals surface area contributed by atoms with E-state index < -0.39 is 17.7 Å². The molecule has 1 aliphatic heterocycles. The van der Waals surface area contributed by atoms with Gasteiger partial charge < -0.3 is 10.0 Å². The van der Waals surface area contributed by atoms with Crippen LogP contribution in [0, 0.1) is 5.92 Å². The highest BCUT2D eigenvalue weighted by Gasteiger charge is 2.42. The molecule has 1 aromatic carbocycles. The zero-order chi connectivity index (χ0) is 18.6. The first-order valence-corrected chi connectivity index (χ1v) is 9.28. The lowest BCUT2D eigenvalue weighted by molar-refractivity contribution is -0.130. The first kappa shape index (κ1) is 19.5. The molecule has 1 amide bonds. The molecule has 1 N–H and O–H groups in total. The van der Waals surface area contributed by atoms with Gasteiger partial charge in [0.05, 0.1) is 11.6 Å². The smallest absolute Gasteiger partial charge is 0.290 e. The average Bonchev–Trinajstić information content (AvgIpc) is 2.84. The van der Waals surface area contributed by atoms with Crippen LogP contribution in [0.4, 0.5) is 0 Å². The topological polar surface area (TPSA) is 57.6 Å². The maximum atomic E-state index is 12.6. The van der Waals surface area contributed by atoms with Crippen LogP contribution in [-0.2, 0) is 9.59 Å². The molecule has 1 heterocycles. The van der Waals surface area contributed by atoms with Crippen molar-refractivity contribution in [1.29, 1.82) is 0 Å². The maximum Gasteiger partial charge on any atom is 0.290 e. The van der Waals surface area contributed by atoms with Crippen LogP contribution in [0.1, 0.15) is 58.1 Å². The first-order chi connectivity index (χ1) is 11.9. The number of rotatable bonds is 8. The molecular formula is C20H26ClNO3. The van der Waals surface area contributed by atoms with Crippen molar-refractivity contribution in [1.82, 2.24) is 4.90 Å². The van der Waals surface area contributed by atoms with Gasteiger partial charge in [-0.25, -0.2) is 0 Å². The average molecular weight is 364 g/mol. The van der Waals surface area contributed by atoms with E-state index in [0.29, 0.717) is 17.5 Å². The molecule has 0 radical (unpaired) electrons. The fraction of sp³-hybridized carbons (Fsp3) is 0.500. The standard InChI is InChI=1S/C20H26ClNO3/c1-4-6-7-14(5-2)12-22-18(15-8-10-16(21)11-9-15)17(13(3)23)19(24)20(22)25/h8-11,14,18,24H,4-7,12H2,1-3H3/t14-,18+/m1/s1. The lowest BCUT2D eigenvalue weighted by Gasteiger charge is -2.30. The normalized spacial score (nSPS) is 18.8. The van der Waals surface area contributed by atoms with E-state index in [1.54, 1.807) is 17.0 Å². The lowest BCUT2D eigenvalue weighted by atomic mass is 9.94. The van der Waals surface area contributed by atoms with Gasteiger partial charge in [-0.15, -0.1) is 0 Å². The number of ketones is 1. The molecule has 1 aromatic rings. The highest BCUT2D eigenvalue weighted by Crippen LogP contribution is 2.39. The molecule has 5 heteroatoms. The Bertz CT molecular complexity index is 666. The molecular weight excluding hydrogens is 338 g/mol. The summed E-state index contributed by atoms with van der Waals surface area (Å²) in [5, 5.41) is 10.9. The Morgan fingerprint density at radius 2 is 1.92 bits per heavy atom. The number of carbonyl (C=O) groups excluding carboxylic acids is 2. The molecule has 0 aromatic heterocycles. The van der Waals surface area contributed by atoms with E-state index in [0.717, 1.165) is 31.2 Å². The highest BCUT2D eigenvalue weighted by molar-refractivity contribution is 6.30. The molecule has 0 aliphatic carbocycles. The number of benzene rings is 1. The van der Waals surface area contributed by atoms with E-state index >= 15 is 0 Å². The summed E-state index contributed by atoms with van der Waals surface area (Å²) in [6, 6.07) is 6.55. The van der Waals surface area contributed by atoms with Crippen molar-refractivity contribution in [3.8, 4) is 0 Å². The Hall–Kier alpha value is -1.81. The van der Waals surface area contributed by atoms with Gasteiger partial charge in [-0.2, -0.15) is 0 Å². The van der Waals surface area contributed by atoms with Gasteiger partial charge in [0.15, 0.2) is 11.5 Å². The van der Waals surface area contributed by atoms with Gasteiger partial charge in [-0.3, -0.25) is 9.59 Å². The Balaban J connectivity index is 2.37. The van der Waals surface area contributed by atoms with Gasteiger partial charge in [0.2, 0.25) is 0 Å². The minimum Gasteiger partial charge on any atom is -0.503 e.